The van der Waals surface area contributed by atoms with Crippen LogP contribution in [0.25, 0.3) is 5.57 Å². The molecule has 0 radical (unpaired) electrons. The van der Waals surface area contributed by atoms with E-state index in [0.717, 1.165) is 27.8 Å². The molecule has 0 unspecified atom stereocenters. The Morgan fingerprint density at radius 1 is 0.762 bits per heavy atom. The summed E-state index contributed by atoms with van der Waals surface area (Å²) >= 11 is 0. The van der Waals surface area contributed by atoms with Crippen LogP contribution in [0.1, 0.15) is 33.4 Å². The van der Waals surface area contributed by atoms with Gasteiger partial charge in [-0.05, 0) is 68.0 Å². The molecule has 0 amide bonds. The molecule has 4 heteroatoms. The summed E-state index contributed by atoms with van der Waals surface area (Å²) in [6.07, 6.45) is 1.19. The fourth-order valence-corrected chi connectivity index (χ4v) is 2.42. The van der Waals surface area contributed by atoms with Gasteiger partial charge >= 0.3 is 11.9 Å². The fraction of sp³-hybridized carbons (Fsp3) is 0.412. The van der Waals surface area contributed by atoms with Crippen LogP contribution in [0.3, 0.4) is 0 Å². The van der Waals surface area contributed by atoms with Gasteiger partial charge in [-0.3, -0.25) is 0 Å². The van der Waals surface area contributed by atoms with Crippen LogP contribution in [0.2, 0.25) is 0 Å². The molecule has 21 heavy (non-hydrogen) atoms. The second kappa shape index (κ2) is 6.57. The van der Waals surface area contributed by atoms with Gasteiger partial charge in [-0.2, -0.15) is 0 Å². The van der Waals surface area contributed by atoms with Crippen molar-refractivity contribution in [3.05, 3.63) is 39.5 Å². The van der Waals surface area contributed by atoms with Crippen molar-refractivity contribution in [3.63, 3.8) is 0 Å². The van der Waals surface area contributed by atoms with E-state index in [1.807, 2.05) is 27.7 Å². The predicted molar refractivity (Wildman–Crippen MR) is 82.1 cm³/mol. The highest BCUT2D eigenvalue weighted by Crippen LogP contribution is 2.31. The summed E-state index contributed by atoms with van der Waals surface area (Å²) in [6.45, 7) is 9.95. The SMILES string of the molecule is COC(=O)/C=C(/C(=O)OC)c1c(C)c(C)c(C)c(C)c1C. The van der Waals surface area contributed by atoms with Crippen molar-refractivity contribution in [2.24, 2.45) is 0 Å². The monoisotopic (exact) mass is 290 g/mol. The number of esters is 2. The molecule has 0 atom stereocenters. The number of benzene rings is 1. The van der Waals surface area contributed by atoms with E-state index in [-0.39, 0.29) is 5.57 Å². The Balaban J connectivity index is 3.72. The summed E-state index contributed by atoms with van der Waals surface area (Å²) < 4.78 is 9.45. The normalized spacial score (nSPS) is 11.3. The molecular weight excluding hydrogens is 268 g/mol. The summed E-state index contributed by atoms with van der Waals surface area (Å²) in [5.41, 5.74) is 6.31. The molecule has 4 nitrogen and oxygen atoms in total. The van der Waals surface area contributed by atoms with Crippen molar-refractivity contribution in [3.8, 4) is 0 Å². The maximum Gasteiger partial charge on any atom is 0.338 e. The smallest absolute Gasteiger partial charge is 0.338 e. The highest BCUT2D eigenvalue weighted by atomic mass is 16.5. The first kappa shape index (κ1) is 17.0. The van der Waals surface area contributed by atoms with Crippen LogP contribution in [0.15, 0.2) is 6.08 Å². The minimum atomic E-state index is -0.579. The van der Waals surface area contributed by atoms with Gasteiger partial charge in [0.2, 0.25) is 0 Å². The fourth-order valence-electron chi connectivity index (χ4n) is 2.42. The molecule has 1 aromatic rings. The van der Waals surface area contributed by atoms with Crippen molar-refractivity contribution in [1.82, 2.24) is 0 Å². The lowest BCUT2D eigenvalue weighted by atomic mass is 9.86. The maximum absolute atomic E-state index is 12.1. The first-order chi connectivity index (χ1) is 9.76. The van der Waals surface area contributed by atoms with Gasteiger partial charge in [-0.15, -0.1) is 0 Å². The van der Waals surface area contributed by atoms with E-state index in [1.165, 1.54) is 25.9 Å². The molecular formula is C17H22O4. The van der Waals surface area contributed by atoms with Crippen LogP contribution in [0.5, 0.6) is 0 Å². The third-order valence-electron chi connectivity index (χ3n) is 4.14. The largest absolute Gasteiger partial charge is 0.466 e. The molecule has 0 bridgehead atoms. The standard InChI is InChI=1S/C17H22O4/c1-9-10(2)12(4)16(13(5)11(9)3)14(17(19)21-7)8-15(18)20-6/h8H,1-7H3/b14-8+. The molecule has 0 heterocycles. The first-order valence-corrected chi connectivity index (χ1v) is 6.71. The van der Waals surface area contributed by atoms with E-state index < -0.39 is 11.9 Å². The van der Waals surface area contributed by atoms with Crippen LogP contribution >= 0.6 is 0 Å². The average molecular weight is 290 g/mol. The number of ether oxygens (including phenoxy) is 2. The van der Waals surface area contributed by atoms with E-state index in [0.29, 0.717) is 0 Å². The van der Waals surface area contributed by atoms with Crippen molar-refractivity contribution in [2.45, 2.75) is 34.6 Å². The Kier molecular flexibility index (Phi) is 5.30. The molecule has 0 N–H and O–H groups in total. The Morgan fingerprint density at radius 3 is 1.57 bits per heavy atom. The van der Waals surface area contributed by atoms with E-state index >= 15 is 0 Å². The van der Waals surface area contributed by atoms with Crippen LogP contribution in [-0.4, -0.2) is 26.2 Å². The minimum absolute atomic E-state index is 0.227. The summed E-state index contributed by atoms with van der Waals surface area (Å²) in [7, 11) is 2.57. The number of hydrogen-bond acceptors (Lipinski definition) is 4. The number of carbonyl (C=O) groups is 2. The topological polar surface area (TPSA) is 52.6 Å². The van der Waals surface area contributed by atoms with Gasteiger partial charge in [0.15, 0.2) is 0 Å². The van der Waals surface area contributed by atoms with E-state index in [4.69, 9.17) is 4.74 Å². The van der Waals surface area contributed by atoms with E-state index in [9.17, 15) is 9.59 Å². The van der Waals surface area contributed by atoms with Crippen molar-refractivity contribution >= 4 is 17.5 Å². The number of hydrogen-bond donors (Lipinski definition) is 0. The molecule has 0 saturated heterocycles. The average Bonchev–Trinajstić information content (AvgIpc) is 2.48. The zero-order chi connectivity index (χ0) is 16.3. The second-order valence-electron chi connectivity index (χ2n) is 5.07. The first-order valence-electron chi connectivity index (χ1n) is 6.71. The third kappa shape index (κ3) is 3.15. The molecule has 0 aliphatic carbocycles. The van der Waals surface area contributed by atoms with Crippen LogP contribution in [0.4, 0.5) is 0 Å². The molecule has 1 rings (SSSR count). The Bertz CT molecular complexity index is 595. The Morgan fingerprint density at radius 2 is 1.19 bits per heavy atom. The lowest BCUT2D eigenvalue weighted by molar-refractivity contribution is -0.136. The molecule has 0 fully saturated rings. The van der Waals surface area contributed by atoms with E-state index in [2.05, 4.69) is 11.7 Å². The quantitative estimate of drug-likeness (QED) is 0.634. The lowest BCUT2D eigenvalue weighted by Crippen LogP contribution is -2.12. The summed E-state index contributed by atoms with van der Waals surface area (Å²) in [5, 5.41) is 0. The van der Waals surface area contributed by atoms with E-state index in [1.54, 1.807) is 0 Å². The van der Waals surface area contributed by atoms with Gasteiger partial charge in [0.05, 0.1) is 19.8 Å². The lowest BCUT2D eigenvalue weighted by Gasteiger charge is -2.19. The van der Waals surface area contributed by atoms with Gasteiger partial charge in [-0.25, -0.2) is 9.59 Å². The summed E-state index contributed by atoms with van der Waals surface area (Å²) in [6, 6.07) is 0. The van der Waals surface area contributed by atoms with Gasteiger partial charge in [-0.1, -0.05) is 0 Å². The second-order valence-corrected chi connectivity index (χ2v) is 5.07. The highest BCUT2D eigenvalue weighted by Gasteiger charge is 2.22. The van der Waals surface area contributed by atoms with Gasteiger partial charge in [0, 0.05) is 6.08 Å². The number of methoxy groups -OCH3 is 2. The van der Waals surface area contributed by atoms with Crippen molar-refractivity contribution in [1.29, 1.82) is 0 Å². The van der Waals surface area contributed by atoms with Crippen LogP contribution < -0.4 is 0 Å². The molecule has 1 aromatic carbocycles. The zero-order valence-corrected chi connectivity index (χ0v) is 13.7. The zero-order valence-electron chi connectivity index (χ0n) is 13.7. The van der Waals surface area contributed by atoms with Crippen molar-refractivity contribution < 1.29 is 19.1 Å². The third-order valence-corrected chi connectivity index (χ3v) is 4.14. The Hall–Kier alpha value is -2.10. The number of carbonyl (C=O) groups excluding carboxylic acids is 2. The molecule has 0 aliphatic rings. The molecule has 0 aromatic heterocycles. The van der Waals surface area contributed by atoms with Crippen LogP contribution in [-0.2, 0) is 19.1 Å². The molecule has 0 saturated carbocycles. The summed E-state index contributed by atoms with van der Waals surface area (Å²) in [5.74, 6) is -1.13. The minimum Gasteiger partial charge on any atom is -0.466 e. The number of rotatable bonds is 3. The van der Waals surface area contributed by atoms with Gasteiger partial charge < -0.3 is 9.47 Å². The maximum atomic E-state index is 12.1. The molecule has 114 valence electrons. The predicted octanol–water partition coefficient (Wildman–Crippen LogP) is 2.96. The van der Waals surface area contributed by atoms with Crippen molar-refractivity contribution in [2.75, 3.05) is 14.2 Å². The molecule has 0 aliphatic heterocycles. The van der Waals surface area contributed by atoms with Crippen LogP contribution in [0, 0.1) is 34.6 Å². The summed E-state index contributed by atoms with van der Waals surface area (Å²) in [4.78, 5) is 23.6. The van der Waals surface area contributed by atoms with Gasteiger partial charge in [0.25, 0.3) is 0 Å². The highest BCUT2D eigenvalue weighted by molar-refractivity contribution is 6.21. The molecule has 0 spiro atoms. The Labute approximate surface area is 125 Å². The van der Waals surface area contributed by atoms with Gasteiger partial charge in [0.1, 0.15) is 0 Å².